The second kappa shape index (κ2) is 6.02. The summed E-state index contributed by atoms with van der Waals surface area (Å²) >= 11 is 0. The highest BCUT2D eigenvalue weighted by Crippen LogP contribution is 2.23. The molecule has 2 heteroatoms. The molecule has 1 N–H and O–H groups in total. The Balaban J connectivity index is 1.87. The molecule has 2 aliphatic rings. The molecule has 2 nitrogen and oxygen atoms in total. The fourth-order valence-corrected chi connectivity index (χ4v) is 3.29. The van der Waals surface area contributed by atoms with Gasteiger partial charge in [-0.3, -0.25) is 0 Å². The van der Waals surface area contributed by atoms with E-state index in [1.54, 1.807) is 0 Å². The average Bonchev–Trinajstić information content (AvgIpc) is 2.28. The first kappa shape index (κ1) is 12.4. The summed E-state index contributed by atoms with van der Waals surface area (Å²) in [5, 5.41) is 3.68. The largest absolute Gasteiger partial charge is 0.312 e. The maximum absolute atomic E-state index is 3.68. The minimum Gasteiger partial charge on any atom is -0.312 e. The summed E-state index contributed by atoms with van der Waals surface area (Å²) in [6.07, 6.45) is 9.95. The molecule has 1 saturated heterocycles. The van der Waals surface area contributed by atoms with Gasteiger partial charge in [0.05, 0.1) is 0 Å². The van der Waals surface area contributed by atoms with Crippen LogP contribution >= 0.6 is 0 Å². The quantitative estimate of drug-likeness (QED) is 0.737. The lowest BCUT2D eigenvalue weighted by Crippen LogP contribution is -2.46. The van der Waals surface area contributed by atoms with Crippen molar-refractivity contribution in [3.05, 3.63) is 0 Å². The van der Waals surface area contributed by atoms with Gasteiger partial charge in [0, 0.05) is 18.1 Å². The van der Waals surface area contributed by atoms with Crippen LogP contribution in [0.25, 0.3) is 0 Å². The lowest BCUT2D eigenvalue weighted by Gasteiger charge is -2.38. The molecule has 0 aromatic carbocycles. The number of nitrogens with zero attached hydrogens (tertiary/aromatic N) is 1. The molecule has 94 valence electrons. The Bertz CT molecular complexity index is 187. The van der Waals surface area contributed by atoms with Crippen molar-refractivity contribution in [2.75, 3.05) is 13.1 Å². The van der Waals surface area contributed by atoms with Crippen LogP contribution in [0.15, 0.2) is 0 Å². The summed E-state index contributed by atoms with van der Waals surface area (Å²) < 4.78 is 0. The van der Waals surface area contributed by atoms with E-state index >= 15 is 0 Å². The van der Waals surface area contributed by atoms with Gasteiger partial charge in [-0.25, -0.2) is 0 Å². The first-order chi connectivity index (χ1) is 7.75. The van der Waals surface area contributed by atoms with Crippen molar-refractivity contribution in [2.45, 2.75) is 76.9 Å². The second-order valence-corrected chi connectivity index (χ2v) is 5.87. The van der Waals surface area contributed by atoms with Gasteiger partial charge in [-0.1, -0.05) is 19.3 Å². The van der Waals surface area contributed by atoms with Crippen molar-refractivity contribution < 1.29 is 0 Å². The van der Waals surface area contributed by atoms with Crippen LogP contribution in [-0.2, 0) is 0 Å². The molecule has 0 aromatic heterocycles. The van der Waals surface area contributed by atoms with E-state index < -0.39 is 0 Å². The molecule has 0 spiro atoms. The highest BCUT2D eigenvalue weighted by atomic mass is 15.2. The van der Waals surface area contributed by atoms with Gasteiger partial charge in [-0.2, -0.15) is 0 Å². The van der Waals surface area contributed by atoms with E-state index in [0.29, 0.717) is 12.1 Å². The summed E-state index contributed by atoms with van der Waals surface area (Å²) in [4.78, 5) is 2.78. The Morgan fingerprint density at radius 1 is 0.812 bits per heavy atom. The zero-order chi connectivity index (χ0) is 11.4. The van der Waals surface area contributed by atoms with E-state index in [9.17, 15) is 0 Å². The predicted octanol–water partition coefficient (Wildman–Crippen LogP) is 2.78. The molecule has 16 heavy (non-hydrogen) atoms. The van der Waals surface area contributed by atoms with E-state index in [-0.39, 0.29) is 0 Å². The fourth-order valence-electron chi connectivity index (χ4n) is 3.29. The third-order valence-corrected chi connectivity index (χ3v) is 4.36. The molecular formula is C14H28N2. The lowest BCUT2D eigenvalue weighted by molar-refractivity contribution is 0.131. The van der Waals surface area contributed by atoms with E-state index in [2.05, 4.69) is 24.1 Å². The van der Waals surface area contributed by atoms with Crippen molar-refractivity contribution in [3.63, 3.8) is 0 Å². The molecule has 2 atom stereocenters. The molecule has 1 saturated carbocycles. The minimum absolute atomic E-state index is 0.696. The van der Waals surface area contributed by atoms with Crippen molar-refractivity contribution in [2.24, 2.45) is 0 Å². The Hall–Kier alpha value is -0.0800. The zero-order valence-corrected chi connectivity index (χ0v) is 11.0. The zero-order valence-electron chi connectivity index (χ0n) is 11.0. The molecule has 2 rings (SSSR count). The minimum atomic E-state index is 0.696. The van der Waals surface area contributed by atoms with Gasteiger partial charge in [-0.15, -0.1) is 0 Å². The van der Waals surface area contributed by atoms with E-state index in [0.717, 1.165) is 6.04 Å². The second-order valence-electron chi connectivity index (χ2n) is 5.87. The Morgan fingerprint density at radius 3 is 1.94 bits per heavy atom. The Morgan fingerprint density at radius 2 is 1.38 bits per heavy atom. The van der Waals surface area contributed by atoms with E-state index in [1.165, 1.54) is 58.0 Å². The summed E-state index contributed by atoms with van der Waals surface area (Å²) in [6.45, 7) is 7.29. The van der Waals surface area contributed by atoms with Gasteiger partial charge in [0.15, 0.2) is 0 Å². The first-order valence-electron chi connectivity index (χ1n) is 7.26. The highest BCUT2D eigenvalue weighted by molar-refractivity contribution is 4.81. The molecule has 1 aliphatic carbocycles. The molecular weight excluding hydrogens is 196 g/mol. The highest BCUT2D eigenvalue weighted by Gasteiger charge is 2.23. The van der Waals surface area contributed by atoms with Gasteiger partial charge in [0.25, 0.3) is 0 Å². The van der Waals surface area contributed by atoms with Gasteiger partial charge >= 0.3 is 0 Å². The third kappa shape index (κ3) is 3.46. The van der Waals surface area contributed by atoms with E-state index in [1.807, 2.05) is 0 Å². The van der Waals surface area contributed by atoms with Crippen LogP contribution < -0.4 is 5.32 Å². The van der Waals surface area contributed by atoms with Gasteiger partial charge in [0.1, 0.15) is 0 Å². The van der Waals surface area contributed by atoms with Gasteiger partial charge in [0.2, 0.25) is 0 Å². The maximum Gasteiger partial charge on any atom is 0.00952 e. The molecule has 1 heterocycles. The lowest BCUT2D eigenvalue weighted by atomic mass is 9.93. The topological polar surface area (TPSA) is 15.3 Å². The van der Waals surface area contributed by atoms with Crippen LogP contribution in [-0.4, -0.2) is 36.1 Å². The van der Waals surface area contributed by atoms with Crippen molar-refractivity contribution >= 4 is 0 Å². The van der Waals surface area contributed by atoms with E-state index in [4.69, 9.17) is 0 Å². The standard InChI is InChI=1S/C14H28N2/c1-12-8-10-16(11-9-13(2)15-12)14-6-4-3-5-7-14/h12-15H,3-11H2,1-2H3. The Kier molecular flexibility index (Phi) is 4.66. The molecule has 1 aliphatic heterocycles. The third-order valence-electron chi connectivity index (χ3n) is 4.36. The number of rotatable bonds is 1. The van der Waals surface area contributed by atoms with Gasteiger partial charge in [-0.05, 0) is 52.6 Å². The molecule has 0 radical (unpaired) electrons. The smallest absolute Gasteiger partial charge is 0.00952 e. The summed E-state index contributed by atoms with van der Waals surface area (Å²) in [7, 11) is 0. The van der Waals surface area contributed by atoms with Crippen molar-refractivity contribution in [3.8, 4) is 0 Å². The molecule has 2 fully saturated rings. The number of nitrogens with one attached hydrogen (secondary N) is 1. The fraction of sp³-hybridized carbons (Fsp3) is 1.00. The van der Waals surface area contributed by atoms with Crippen LogP contribution in [0, 0.1) is 0 Å². The van der Waals surface area contributed by atoms with Crippen LogP contribution in [0.5, 0.6) is 0 Å². The molecule has 0 aromatic rings. The van der Waals surface area contributed by atoms with Gasteiger partial charge < -0.3 is 10.2 Å². The summed E-state index contributed by atoms with van der Waals surface area (Å²) in [6, 6.07) is 2.30. The number of hydrogen-bond donors (Lipinski definition) is 1. The summed E-state index contributed by atoms with van der Waals surface area (Å²) in [5.41, 5.74) is 0. The monoisotopic (exact) mass is 224 g/mol. The summed E-state index contributed by atoms with van der Waals surface area (Å²) in [5.74, 6) is 0. The Labute approximate surface area is 101 Å². The average molecular weight is 224 g/mol. The number of hydrogen-bond acceptors (Lipinski definition) is 2. The van der Waals surface area contributed by atoms with Crippen LogP contribution in [0.4, 0.5) is 0 Å². The molecule has 0 amide bonds. The first-order valence-corrected chi connectivity index (χ1v) is 7.26. The maximum atomic E-state index is 3.68. The van der Waals surface area contributed by atoms with Crippen LogP contribution in [0.1, 0.15) is 58.8 Å². The predicted molar refractivity (Wildman–Crippen MR) is 69.7 cm³/mol. The van der Waals surface area contributed by atoms with Crippen LogP contribution in [0.2, 0.25) is 0 Å². The molecule has 2 unspecified atom stereocenters. The van der Waals surface area contributed by atoms with Crippen molar-refractivity contribution in [1.29, 1.82) is 0 Å². The van der Waals surface area contributed by atoms with Crippen molar-refractivity contribution in [1.82, 2.24) is 10.2 Å². The van der Waals surface area contributed by atoms with Crippen LogP contribution in [0.3, 0.4) is 0 Å². The normalized spacial score (nSPS) is 35.6. The SMILES string of the molecule is CC1CCN(C2CCCCC2)CCC(C)N1. The molecule has 0 bridgehead atoms.